The molecule has 0 saturated heterocycles. The third kappa shape index (κ3) is 6.93. The Balaban J connectivity index is 2.42. The molecule has 0 aliphatic heterocycles. The minimum Gasteiger partial charge on any atom is -0.454 e. The van der Waals surface area contributed by atoms with Crippen LogP contribution in [0.4, 0.5) is 20.7 Å². The van der Waals surface area contributed by atoms with Crippen LogP contribution in [0.1, 0.15) is 47.1 Å². The zero-order chi connectivity index (χ0) is 24.3. The molecule has 2 rings (SSSR count). The highest BCUT2D eigenvalue weighted by Crippen LogP contribution is 2.39. The lowest BCUT2D eigenvalue weighted by molar-refractivity contribution is 0.0635. The van der Waals surface area contributed by atoms with Gasteiger partial charge < -0.3 is 19.6 Å². The number of benzene rings is 1. The molecule has 0 fully saturated rings. The van der Waals surface area contributed by atoms with Crippen molar-refractivity contribution in [2.75, 3.05) is 11.1 Å². The third-order valence-electron chi connectivity index (χ3n) is 5.19. The first kappa shape index (κ1) is 25.6. The van der Waals surface area contributed by atoms with Crippen LogP contribution in [0.25, 0.3) is 0 Å². The monoisotopic (exact) mass is 463 g/mol. The molecule has 9 heteroatoms. The number of nitrogens with two attached hydrogens (primary N) is 1. The predicted octanol–water partition coefficient (Wildman–Crippen LogP) is 6.46. The number of ether oxygens (including phenoxy) is 2. The van der Waals surface area contributed by atoms with E-state index in [0.717, 1.165) is 0 Å². The summed E-state index contributed by atoms with van der Waals surface area (Å²) in [6.07, 6.45) is 0.807. The van der Waals surface area contributed by atoms with Gasteiger partial charge in [0.25, 0.3) is 0 Å². The Bertz CT molecular complexity index is 969. The van der Waals surface area contributed by atoms with Crippen molar-refractivity contribution in [3.63, 3.8) is 0 Å². The second-order valence-electron chi connectivity index (χ2n) is 10.1. The minimum absolute atomic E-state index is 0.00203. The zero-order valence-corrected chi connectivity index (χ0v) is 21.1. The average Bonchev–Trinajstić information content (AvgIpc) is 2.60. The van der Waals surface area contributed by atoms with Crippen LogP contribution in [0.15, 0.2) is 30.5 Å². The lowest BCUT2D eigenvalue weighted by Gasteiger charge is -2.36. The van der Waals surface area contributed by atoms with E-state index < -0.39 is 25.8 Å². The molecule has 0 radical (unpaired) electrons. The van der Waals surface area contributed by atoms with Crippen molar-refractivity contribution in [2.24, 2.45) is 0 Å². The van der Waals surface area contributed by atoms with Crippen molar-refractivity contribution in [3.8, 4) is 11.5 Å². The number of hydrogen-bond donors (Lipinski definition) is 2. The van der Waals surface area contributed by atoms with Gasteiger partial charge in [0.2, 0.25) is 0 Å². The number of aromatic nitrogens is 1. The quantitative estimate of drug-likeness (QED) is 0.377. The highest BCUT2D eigenvalue weighted by Gasteiger charge is 2.37. The molecule has 0 saturated carbocycles. The first-order valence-corrected chi connectivity index (χ1v) is 13.3. The molecule has 0 spiro atoms. The summed E-state index contributed by atoms with van der Waals surface area (Å²) in [6, 6.07) is 5.78. The first-order chi connectivity index (χ1) is 14.6. The van der Waals surface area contributed by atoms with Gasteiger partial charge in [-0.15, -0.1) is 0 Å². The van der Waals surface area contributed by atoms with Gasteiger partial charge in [-0.05, 0) is 57.1 Å². The van der Waals surface area contributed by atoms with Crippen molar-refractivity contribution in [1.29, 1.82) is 0 Å². The molecule has 32 heavy (non-hydrogen) atoms. The Morgan fingerprint density at radius 1 is 1.12 bits per heavy atom. The number of amides is 1. The summed E-state index contributed by atoms with van der Waals surface area (Å²) in [4.78, 5) is 16.7. The highest BCUT2D eigenvalue weighted by atomic mass is 28.4. The maximum atomic E-state index is 14.4. The van der Waals surface area contributed by atoms with Gasteiger partial charge in [0.15, 0.2) is 19.9 Å². The molecule has 176 valence electrons. The number of rotatable bonds is 6. The topological polar surface area (TPSA) is 95.7 Å². The van der Waals surface area contributed by atoms with E-state index in [9.17, 15) is 9.18 Å². The van der Waals surface area contributed by atoms with E-state index in [1.807, 2.05) is 0 Å². The van der Waals surface area contributed by atoms with Crippen molar-refractivity contribution < 1.29 is 23.1 Å². The molecule has 3 N–H and O–H groups in total. The predicted molar refractivity (Wildman–Crippen MR) is 127 cm³/mol. The van der Waals surface area contributed by atoms with Crippen LogP contribution in [0.3, 0.4) is 0 Å². The number of carbonyl (C=O) groups excluding carboxylic acids is 1. The van der Waals surface area contributed by atoms with E-state index in [4.69, 9.17) is 19.6 Å². The number of nitrogens with one attached hydrogen (secondary N) is 1. The van der Waals surface area contributed by atoms with E-state index in [-0.39, 0.29) is 23.2 Å². The van der Waals surface area contributed by atoms with Crippen LogP contribution in [-0.2, 0) is 15.8 Å². The maximum absolute atomic E-state index is 14.4. The second-order valence-corrected chi connectivity index (χ2v) is 14.9. The van der Waals surface area contributed by atoms with E-state index in [0.29, 0.717) is 17.0 Å². The number of carbonyl (C=O) groups is 1. The molecule has 1 heterocycles. The third-order valence-corrected chi connectivity index (χ3v) is 9.67. The van der Waals surface area contributed by atoms with E-state index in [2.05, 4.69) is 44.2 Å². The molecule has 2 aromatic rings. The summed E-state index contributed by atoms with van der Waals surface area (Å²) in [7, 11) is -2.14. The molecule has 1 aromatic carbocycles. The summed E-state index contributed by atoms with van der Waals surface area (Å²) in [6.45, 7) is 16.0. The number of halogens is 1. The van der Waals surface area contributed by atoms with Crippen LogP contribution >= 0.6 is 0 Å². The smallest absolute Gasteiger partial charge is 0.413 e. The number of pyridine rings is 1. The second kappa shape index (κ2) is 9.46. The Morgan fingerprint density at radius 2 is 1.78 bits per heavy atom. The van der Waals surface area contributed by atoms with Gasteiger partial charge >= 0.3 is 6.09 Å². The van der Waals surface area contributed by atoms with Gasteiger partial charge in [-0.1, -0.05) is 20.8 Å². The molecule has 0 aliphatic carbocycles. The number of nitrogens with zero attached hydrogens (tertiary/aromatic N) is 1. The number of nitrogen functional groups attached to an aromatic ring is 1. The standard InChI is InChI=1S/C23H34FN3O4Si/c1-22(2,3)31-21(28)27-20-16(14-29-32(7,8)23(4,5)6)18(11-12-26-20)30-19-10-9-15(25)13-17(19)24/h9-13H,14,25H2,1-8H3,(H,26,27,28). The zero-order valence-electron chi connectivity index (χ0n) is 20.1. The van der Waals surface area contributed by atoms with Gasteiger partial charge in [-0.25, -0.2) is 14.2 Å². The molecule has 0 bridgehead atoms. The van der Waals surface area contributed by atoms with Gasteiger partial charge in [-0.3, -0.25) is 5.32 Å². The lowest BCUT2D eigenvalue weighted by Crippen LogP contribution is -2.40. The minimum atomic E-state index is -2.14. The average molecular weight is 464 g/mol. The summed E-state index contributed by atoms with van der Waals surface area (Å²) in [5.41, 5.74) is 5.73. The van der Waals surface area contributed by atoms with E-state index in [1.54, 1.807) is 32.9 Å². The van der Waals surface area contributed by atoms with Gasteiger partial charge in [0.1, 0.15) is 17.2 Å². The molecular formula is C23H34FN3O4Si. The fourth-order valence-electron chi connectivity index (χ4n) is 2.41. The maximum Gasteiger partial charge on any atom is 0.413 e. The molecule has 0 aliphatic rings. The molecule has 1 aromatic heterocycles. The fraction of sp³-hybridized carbons (Fsp3) is 0.478. The van der Waals surface area contributed by atoms with Crippen LogP contribution in [0, 0.1) is 5.82 Å². The Labute approximate surface area is 190 Å². The molecule has 1 amide bonds. The Kier molecular flexibility index (Phi) is 7.57. The van der Waals surface area contributed by atoms with Crippen LogP contribution in [0.2, 0.25) is 18.1 Å². The molecular weight excluding hydrogens is 429 g/mol. The van der Waals surface area contributed by atoms with Crippen molar-refractivity contribution in [1.82, 2.24) is 4.98 Å². The first-order valence-electron chi connectivity index (χ1n) is 10.4. The van der Waals surface area contributed by atoms with Gasteiger partial charge in [0, 0.05) is 18.0 Å². The highest BCUT2D eigenvalue weighted by molar-refractivity contribution is 6.74. The largest absolute Gasteiger partial charge is 0.454 e. The normalized spacial score (nSPS) is 12.4. The summed E-state index contributed by atoms with van der Waals surface area (Å²) < 4.78 is 31.9. The molecule has 7 nitrogen and oxygen atoms in total. The van der Waals surface area contributed by atoms with Crippen LogP contribution in [-0.4, -0.2) is 25.0 Å². The van der Waals surface area contributed by atoms with E-state index >= 15 is 0 Å². The van der Waals surface area contributed by atoms with Crippen LogP contribution < -0.4 is 15.8 Å². The molecule has 0 atom stereocenters. The van der Waals surface area contributed by atoms with Gasteiger partial charge in [-0.2, -0.15) is 0 Å². The number of hydrogen-bond acceptors (Lipinski definition) is 6. The van der Waals surface area contributed by atoms with Gasteiger partial charge in [0.05, 0.1) is 12.2 Å². The van der Waals surface area contributed by atoms with Crippen LogP contribution in [0.5, 0.6) is 11.5 Å². The number of anilines is 2. The van der Waals surface area contributed by atoms with Crippen molar-refractivity contribution in [3.05, 3.63) is 41.8 Å². The summed E-state index contributed by atoms with van der Waals surface area (Å²) >= 11 is 0. The molecule has 0 unspecified atom stereocenters. The summed E-state index contributed by atoms with van der Waals surface area (Å²) in [5.74, 6) is -0.0540. The summed E-state index contributed by atoms with van der Waals surface area (Å²) in [5, 5.41) is 2.63. The fourth-order valence-corrected chi connectivity index (χ4v) is 3.34. The van der Waals surface area contributed by atoms with Crippen molar-refractivity contribution in [2.45, 2.75) is 71.9 Å². The Hall–Kier alpha value is -2.65. The Morgan fingerprint density at radius 3 is 2.34 bits per heavy atom. The lowest BCUT2D eigenvalue weighted by atomic mass is 10.2. The van der Waals surface area contributed by atoms with Crippen molar-refractivity contribution >= 4 is 25.9 Å². The van der Waals surface area contributed by atoms with E-state index in [1.165, 1.54) is 18.3 Å². The SMILES string of the molecule is CC(C)(C)OC(=O)Nc1nccc(Oc2ccc(N)cc2F)c1CO[Si](C)(C)C(C)(C)C.